The molecule has 0 aliphatic carbocycles. The number of methoxy groups -OCH3 is 1. The monoisotopic (exact) mass is 311 g/mol. The van der Waals surface area contributed by atoms with E-state index in [1.54, 1.807) is 30.3 Å². The zero-order chi connectivity index (χ0) is 16.8. The van der Waals surface area contributed by atoms with Gasteiger partial charge >= 0.3 is 0 Å². The molecule has 0 aliphatic rings. The second-order valence-corrected chi connectivity index (χ2v) is 4.80. The molecule has 2 aromatic rings. The molecule has 0 saturated heterocycles. The third-order valence-electron chi connectivity index (χ3n) is 3.32. The minimum absolute atomic E-state index is 0.153. The van der Waals surface area contributed by atoms with Gasteiger partial charge < -0.3 is 15.2 Å². The van der Waals surface area contributed by atoms with Crippen molar-refractivity contribution in [3.8, 4) is 11.5 Å². The Kier molecular flexibility index (Phi) is 5.15. The summed E-state index contributed by atoms with van der Waals surface area (Å²) in [5, 5.41) is 12.7. The van der Waals surface area contributed by atoms with E-state index < -0.39 is 0 Å². The summed E-state index contributed by atoms with van der Waals surface area (Å²) in [6, 6.07) is 11.5. The average molecular weight is 311 g/mol. The topological polar surface area (TPSA) is 75.6 Å². The van der Waals surface area contributed by atoms with Crippen LogP contribution in [0.3, 0.4) is 0 Å². The summed E-state index contributed by atoms with van der Waals surface area (Å²) < 4.78 is 5.18. The fourth-order valence-corrected chi connectivity index (χ4v) is 2.12. The molecule has 0 aromatic heterocycles. The molecule has 0 radical (unpaired) electrons. The lowest BCUT2D eigenvalue weighted by Crippen LogP contribution is -2.20. The van der Waals surface area contributed by atoms with Crippen molar-refractivity contribution in [2.45, 2.75) is 6.54 Å². The van der Waals surface area contributed by atoms with Gasteiger partial charge in [-0.1, -0.05) is 36.9 Å². The van der Waals surface area contributed by atoms with Crippen LogP contribution < -0.4 is 10.1 Å². The minimum Gasteiger partial charge on any atom is -0.507 e. The zero-order valence-corrected chi connectivity index (χ0v) is 12.7. The number of hydrogen-bond donors (Lipinski definition) is 2. The molecule has 0 heterocycles. The second-order valence-electron chi connectivity index (χ2n) is 4.80. The third-order valence-corrected chi connectivity index (χ3v) is 3.32. The van der Waals surface area contributed by atoms with Crippen molar-refractivity contribution in [2.24, 2.45) is 0 Å². The van der Waals surface area contributed by atoms with Crippen LogP contribution in [0.5, 0.6) is 11.5 Å². The summed E-state index contributed by atoms with van der Waals surface area (Å²) in [5.74, 6) is -0.427. The predicted octanol–water partition coefficient (Wildman–Crippen LogP) is 2.43. The van der Waals surface area contributed by atoms with E-state index in [1.807, 2.05) is 0 Å². The van der Waals surface area contributed by atoms with E-state index in [0.29, 0.717) is 16.9 Å². The fraction of sp³-hybridized carbons (Fsp3) is 0.111. The summed E-state index contributed by atoms with van der Waals surface area (Å²) >= 11 is 0. The van der Waals surface area contributed by atoms with Crippen molar-refractivity contribution < 1.29 is 19.4 Å². The largest absolute Gasteiger partial charge is 0.507 e. The quantitative estimate of drug-likeness (QED) is 0.634. The summed E-state index contributed by atoms with van der Waals surface area (Å²) in [5.41, 5.74) is 1.20. The van der Waals surface area contributed by atoms with Crippen LogP contribution in [0.2, 0.25) is 0 Å². The highest BCUT2D eigenvalue weighted by molar-refractivity contribution is 6.10. The van der Waals surface area contributed by atoms with Crippen molar-refractivity contribution in [2.75, 3.05) is 7.11 Å². The van der Waals surface area contributed by atoms with Crippen LogP contribution in [-0.2, 0) is 11.3 Å². The molecule has 0 aliphatic heterocycles. The first-order valence-electron chi connectivity index (χ1n) is 6.96. The first-order valence-corrected chi connectivity index (χ1v) is 6.96. The van der Waals surface area contributed by atoms with Gasteiger partial charge in [-0.3, -0.25) is 9.59 Å². The Balaban J connectivity index is 2.38. The third kappa shape index (κ3) is 3.77. The van der Waals surface area contributed by atoms with Crippen LogP contribution in [-0.4, -0.2) is 23.9 Å². The van der Waals surface area contributed by atoms with Crippen LogP contribution >= 0.6 is 0 Å². The molecule has 118 valence electrons. The first-order chi connectivity index (χ1) is 11.1. The number of amides is 1. The van der Waals surface area contributed by atoms with Crippen LogP contribution in [0.1, 0.15) is 21.5 Å². The van der Waals surface area contributed by atoms with E-state index in [9.17, 15) is 14.7 Å². The van der Waals surface area contributed by atoms with Crippen LogP contribution in [0, 0.1) is 0 Å². The van der Waals surface area contributed by atoms with Crippen molar-refractivity contribution in [3.63, 3.8) is 0 Å². The van der Waals surface area contributed by atoms with Gasteiger partial charge in [0.1, 0.15) is 11.5 Å². The smallest absolute Gasteiger partial charge is 0.243 e. The van der Waals surface area contributed by atoms with Crippen molar-refractivity contribution >= 4 is 11.7 Å². The average Bonchev–Trinajstić information content (AvgIpc) is 2.60. The van der Waals surface area contributed by atoms with E-state index in [2.05, 4.69) is 11.9 Å². The molecular formula is C18H17NO4. The molecule has 2 rings (SSSR count). The van der Waals surface area contributed by atoms with Gasteiger partial charge in [0.05, 0.1) is 12.7 Å². The molecule has 2 N–H and O–H groups in total. The maximum absolute atomic E-state index is 12.5. The van der Waals surface area contributed by atoms with Gasteiger partial charge in [-0.05, 0) is 12.1 Å². The number of carbonyl (C=O) groups excluding carboxylic acids is 2. The number of rotatable bonds is 6. The molecule has 2 aromatic carbocycles. The Morgan fingerprint density at radius 1 is 1.26 bits per heavy atom. The molecule has 5 nitrogen and oxygen atoms in total. The van der Waals surface area contributed by atoms with Crippen molar-refractivity contribution in [1.82, 2.24) is 5.32 Å². The van der Waals surface area contributed by atoms with Gasteiger partial charge in [0.2, 0.25) is 5.91 Å². The highest BCUT2D eigenvalue weighted by atomic mass is 16.5. The molecule has 1 amide bonds. The lowest BCUT2D eigenvalue weighted by atomic mass is 9.99. The van der Waals surface area contributed by atoms with E-state index in [0.717, 1.165) is 6.08 Å². The van der Waals surface area contributed by atoms with Gasteiger partial charge in [0, 0.05) is 23.7 Å². The highest BCUT2D eigenvalue weighted by Gasteiger charge is 2.17. The lowest BCUT2D eigenvalue weighted by molar-refractivity contribution is -0.116. The van der Waals surface area contributed by atoms with Crippen LogP contribution in [0.25, 0.3) is 0 Å². The Hall–Kier alpha value is -3.08. The first kappa shape index (κ1) is 16.3. The number of benzene rings is 2. The van der Waals surface area contributed by atoms with Crippen LogP contribution in [0.4, 0.5) is 0 Å². The van der Waals surface area contributed by atoms with Gasteiger partial charge in [0.15, 0.2) is 5.78 Å². The molecule has 0 unspecified atom stereocenters. The molecule has 23 heavy (non-hydrogen) atoms. The Bertz CT molecular complexity index is 738. The molecular weight excluding hydrogens is 294 g/mol. The number of carbonyl (C=O) groups is 2. The standard InChI is InChI=1S/C18H17NO4/c1-3-17(21)19-11-13-9-14(15(20)10-16(13)23-2)18(22)12-7-5-4-6-8-12/h3-10,20H,1,11H2,2H3,(H,19,21). The van der Waals surface area contributed by atoms with E-state index in [4.69, 9.17) is 4.74 Å². The van der Waals surface area contributed by atoms with Crippen LogP contribution in [0.15, 0.2) is 55.1 Å². The Morgan fingerprint density at radius 2 is 1.96 bits per heavy atom. The fourth-order valence-electron chi connectivity index (χ4n) is 2.12. The van der Waals surface area contributed by atoms with Gasteiger partial charge in [-0.15, -0.1) is 0 Å². The molecule has 0 saturated carbocycles. The number of nitrogens with one attached hydrogen (secondary N) is 1. The maximum atomic E-state index is 12.5. The maximum Gasteiger partial charge on any atom is 0.243 e. The number of phenols is 1. The summed E-state index contributed by atoms with van der Waals surface area (Å²) in [7, 11) is 1.45. The highest BCUT2D eigenvalue weighted by Crippen LogP contribution is 2.30. The van der Waals surface area contributed by atoms with Gasteiger partial charge in [0.25, 0.3) is 0 Å². The molecule has 5 heteroatoms. The second kappa shape index (κ2) is 7.26. The summed E-state index contributed by atoms with van der Waals surface area (Å²) in [6.45, 7) is 3.53. The minimum atomic E-state index is -0.337. The van der Waals surface area contributed by atoms with Gasteiger partial charge in [-0.2, -0.15) is 0 Å². The number of ether oxygens (including phenoxy) is 1. The van der Waals surface area contributed by atoms with E-state index in [-0.39, 0.29) is 29.5 Å². The lowest BCUT2D eigenvalue weighted by Gasteiger charge is -2.13. The van der Waals surface area contributed by atoms with E-state index in [1.165, 1.54) is 19.2 Å². The summed E-state index contributed by atoms with van der Waals surface area (Å²) in [4.78, 5) is 23.8. The van der Waals surface area contributed by atoms with Gasteiger partial charge in [-0.25, -0.2) is 0 Å². The number of ketones is 1. The van der Waals surface area contributed by atoms with Crippen molar-refractivity contribution in [3.05, 3.63) is 71.8 Å². The number of hydrogen-bond acceptors (Lipinski definition) is 4. The predicted molar refractivity (Wildman–Crippen MR) is 86.6 cm³/mol. The Labute approximate surface area is 134 Å². The SMILES string of the molecule is C=CC(=O)NCc1cc(C(=O)c2ccccc2)c(O)cc1OC. The summed E-state index contributed by atoms with van der Waals surface area (Å²) in [6.07, 6.45) is 1.16. The molecule has 0 fully saturated rings. The normalized spacial score (nSPS) is 9.96. The molecule has 0 bridgehead atoms. The van der Waals surface area contributed by atoms with E-state index >= 15 is 0 Å². The van der Waals surface area contributed by atoms with Crippen molar-refractivity contribution in [1.29, 1.82) is 0 Å². The Morgan fingerprint density at radius 3 is 2.57 bits per heavy atom. The molecule has 0 atom stereocenters. The number of phenolic OH excluding ortho intramolecular Hbond substituents is 1. The zero-order valence-electron chi connectivity index (χ0n) is 12.7. The number of aromatic hydroxyl groups is 1. The molecule has 0 spiro atoms.